The third-order valence-corrected chi connectivity index (χ3v) is 4.82. The maximum atomic E-state index is 4.36. The van der Waals surface area contributed by atoms with Crippen LogP contribution < -0.4 is 0 Å². The standard InChI is InChI=1S/C18H27N5/c1-15(21(2)3)16-7-6-8-17(13-16)18-14-23(20-19-18)12-11-22-9-4-5-10-22/h6-8,13-15H,4-5,9-12H2,1-3H3. The van der Waals surface area contributed by atoms with E-state index in [-0.39, 0.29) is 0 Å². The Bertz CT molecular complexity index is 628. The van der Waals surface area contributed by atoms with E-state index in [0.717, 1.165) is 24.3 Å². The van der Waals surface area contributed by atoms with Crippen LogP contribution in [0.3, 0.4) is 0 Å². The van der Waals surface area contributed by atoms with Crippen LogP contribution in [0.25, 0.3) is 11.3 Å². The third-order valence-electron chi connectivity index (χ3n) is 4.82. The lowest BCUT2D eigenvalue weighted by atomic mass is 10.0. The summed E-state index contributed by atoms with van der Waals surface area (Å²) in [7, 11) is 4.21. The Hall–Kier alpha value is -1.72. The smallest absolute Gasteiger partial charge is 0.113 e. The van der Waals surface area contributed by atoms with Crippen molar-refractivity contribution in [3.63, 3.8) is 0 Å². The van der Waals surface area contributed by atoms with Crippen molar-refractivity contribution in [2.75, 3.05) is 33.7 Å². The van der Waals surface area contributed by atoms with Gasteiger partial charge in [-0.2, -0.15) is 0 Å². The van der Waals surface area contributed by atoms with Gasteiger partial charge in [0.1, 0.15) is 5.69 Å². The molecule has 0 bridgehead atoms. The van der Waals surface area contributed by atoms with E-state index < -0.39 is 0 Å². The molecule has 0 spiro atoms. The summed E-state index contributed by atoms with van der Waals surface area (Å²) < 4.78 is 1.97. The van der Waals surface area contributed by atoms with Crippen molar-refractivity contribution in [2.24, 2.45) is 0 Å². The van der Waals surface area contributed by atoms with Gasteiger partial charge in [0, 0.05) is 18.2 Å². The van der Waals surface area contributed by atoms with E-state index in [1.54, 1.807) is 0 Å². The normalized spacial score (nSPS) is 17.0. The summed E-state index contributed by atoms with van der Waals surface area (Å²) in [5.74, 6) is 0. The van der Waals surface area contributed by atoms with Gasteiger partial charge in [-0.3, -0.25) is 4.68 Å². The Kier molecular flexibility index (Phi) is 5.08. The predicted molar refractivity (Wildman–Crippen MR) is 93.2 cm³/mol. The average molecular weight is 313 g/mol. The van der Waals surface area contributed by atoms with Gasteiger partial charge in [0.25, 0.3) is 0 Å². The monoisotopic (exact) mass is 313 g/mol. The molecule has 2 aromatic rings. The Labute approximate surface area is 138 Å². The van der Waals surface area contributed by atoms with E-state index in [1.165, 1.54) is 31.5 Å². The Morgan fingerprint density at radius 1 is 1.17 bits per heavy atom. The number of likely N-dealkylation sites (tertiary alicyclic amines) is 1. The minimum atomic E-state index is 0.389. The highest BCUT2D eigenvalue weighted by atomic mass is 15.4. The van der Waals surface area contributed by atoms with E-state index in [4.69, 9.17) is 0 Å². The fourth-order valence-electron chi connectivity index (χ4n) is 3.05. The second-order valence-corrected chi connectivity index (χ2v) is 6.68. The van der Waals surface area contributed by atoms with Gasteiger partial charge in [-0.15, -0.1) is 5.10 Å². The van der Waals surface area contributed by atoms with E-state index >= 15 is 0 Å². The van der Waals surface area contributed by atoms with Gasteiger partial charge in [-0.1, -0.05) is 23.4 Å². The summed E-state index contributed by atoms with van der Waals surface area (Å²) in [6.07, 6.45) is 4.73. The minimum absolute atomic E-state index is 0.389. The molecular formula is C18H27N5. The highest BCUT2D eigenvalue weighted by molar-refractivity contribution is 5.58. The molecule has 1 atom stereocenters. The first-order valence-electron chi connectivity index (χ1n) is 8.53. The number of aromatic nitrogens is 3. The molecule has 0 aliphatic carbocycles. The molecule has 0 N–H and O–H groups in total. The topological polar surface area (TPSA) is 37.2 Å². The summed E-state index contributed by atoms with van der Waals surface area (Å²) in [6.45, 7) is 6.66. The van der Waals surface area contributed by atoms with Gasteiger partial charge < -0.3 is 9.80 Å². The van der Waals surface area contributed by atoms with Crippen LogP contribution in [-0.2, 0) is 6.54 Å². The molecule has 1 aliphatic rings. The minimum Gasteiger partial charge on any atom is -0.303 e. The molecule has 124 valence electrons. The molecule has 0 radical (unpaired) electrons. The number of hydrogen-bond donors (Lipinski definition) is 0. The van der Waals surface area contributed by atoms with Crippen LogP contribution in [0.4, 0.5) is 0 Å². The van der Waals surface area contributed by atoms with Gasteiger partial charge in [0.05, 0.1) is 12.7 Å². The molecule has 1 aromatic heterocycles. The third kappa shape index (κ3) is 3.98. The molecule has 1 aromatic carbocycles. The van der Waals surface area contributed by atoms with Crippen molar-refractivity contribution in [1.29, 1.82) is 0 Å². The maximum absolute atomic E-state index is 4.36. The van der Waals surface area contributed by atoms with Crippen molar-refractivity contribution in [2.45, 2.75) is 32.4 Å². The number of nitrogens with zero attached hydrogens (tertiary/aromatic N) is 5. The molecule has 1 aliphatic heterocycles. The summed E-state index contributed by atoms with van der Waals surface area (Å²) in [4.78, 5) is 4.72. The zero-order valence-corrected chi connectivity index (χ0v) is 14.4. The predicted octanol–water partition coefficient (Wildman–Crippen LogP) is 2.66. The molecule has 5 nitrogen and oxygen atoms in total. The molecule has 1 unspecified atom stereocenters. The number of hydrogen-bond acceptors (Lipinski definition) is 4. The van der Waals surface area contributed by atoms with E-state index in [2.05, 4.69) is 71.6 Å². The zero-order chi connectivity index (χ0) is 16.2. The summed E-state index contributed by atoms with van der Waals surface area (Å²) in [6, 6.07) is 9.00. The number of rotatable bonds is 6. The van der Waals surface area contributed by atoms with Crippen LogP contribution in [0.2, 0.25) is 0 Å². The van der Waals surface area contributed by atoms with Crippen molar-refractivity contribution in [3.05, 3.63) is 36.0 Å². The van der Waals surface area contributed by atoms with Crippen molar-refractivity contribution < 1.29 is 0 Å². The largest absolute Gasteiger partial charge is 0.303 e. The second-order valence-electron chi connectivity index (χ2n) is 6.68. The van der Waals surface area contributed by atoms with Gasteiger partial charge >= 0.3 is 0 Å². The van der Waals surface area contributed by atoms with Crippen LogP contribution in [-0.4, -0.2) is 58.5 Å². The summed E-state index contributed by atoms with van der Waals surface area (Å²) in [5, 5.41) is 8.65. The average Bonchev–Trinajstić information content (AvgIpc) is 3.23. The Morgan fingerprint density at radius 3 is 2.70 bits per heavy atom. The van der Waals surface area contributed by atoms with Crippen LogP contribution in [0.1, 0.15) is 31.4 Å². The lowest BCUT2D eigenvalue weighted by Crippen LogP contribution is -2.24. The lowest BCUT2D eigenvalue weighted by molar-refractivity contribution is 0.314. The van der Waals surface area contributed by atoms with E-state index in [1.807, 2.05) is 4.68 Å². The van der Waals surface area contributed by atoms with Gasteiger partial charge in [0.2, 0.25) is 0 Å². The van der Waals surface area contributed by atoms with Crippen LogP contribution in [0.15, 0.2) is 30.5 Å². The quantitative estimate of drug-likeness (QED) is 0.821. The van der Waals surface area contributed by atoms with Crippen molar-refractivity contribution in [1.82, 2.24) is 24.8 Å². The Balaban J connectivity index is 1.68. The molecule has 23 heavy (non-hydrogen) atoms. The molecule has 2 heterocycles. The molecule has 3 rings (SSSR count). The Morgan fingerprint density at radius 2 is 1.96 bits per heavy atom. The van der Waals surface area contributed by atoms with Crippen molar-refractivity contribution in [3.8, 4) is 11.3 Å². The number of benzene rings is 1. The fourth-order valence-corrected chi connectivity index (χ4v) is 3.05. The fraction of sp³-hybridized carbons (Fsp3) is 0.556. The lowest BCUT2D eigenvalue weighted by Gasteiger charge is -2.20. The molecule has 5 heteroatoms. The van der Waals surface area contributed by atoms with Gasteiger partial charge in [-0.05, 0) is 58.6 Å². The first-order valence-corrected chi connectivity index (χ1v) is 8.53. The molecule has 0 amide bonds. The van der Waals surface area contributed by atoms with E-state index in [0.29, 0.717) is 6.04 Å². The first kappa shape index (κ1) is 16.1. The van der Waals surface area contributed by atoms with Crippen molar-refractivity contribution >= 4 is 0 Å². The first-order chi connectivity index (χ1) is 11.1. The highest BCUT2D eigenvalue weighted by Crippen LogP contribution is 2.23. The molecular weight excluding hydrogens is 286 g/mol. The van der Waals surface area contributed by atoms with Gasteiger partial charge in [-0.25, -0.2) is 0 Å². The zero-order valence-electron chi connectivity index (χ0n) is 14.4. The molecule has 0 saturated carbocycles. The maximum Gasteiger partial charge on any atom is 0.113 e. The summed E-state index contributed by atoms with van der Waals surface area (Å²) >= 11 is 0. The van der Waals surface area contributed by atoms with Crippen LogP contribution >= 0.6 is 0 Å². The summed E-state index contributed by atoms with van der Waals surface area (Å²) in [5.41, 5.74) is 3.40. The van der Waals surface area contributed by atoms with Crippen LogP contribution in [0.5, 0.6) is 0 Å². The highest BCUT2D eigenvalue weighted by Gasteiger charge is 2.13. The molecule has 1 saturated heterocycles. The second kappa shape index (κ2) is 7.23. The van der Waals surface area contributed by atoms with Gasteiger partial charge in [0.15, 0.2) is 0 Å². The van der Waals surface area contributed by atoms with E-state index in [9.17, 15) is 0 Å². The molecule has 1 fully saturated rings. The SMILES string of the molecule is CC(c1cccc(-c2cn(CCN3CCCC3)nn2)c1)N(C)C. The van der Waals surface area contributed by atoms with Crippen LogP contribution in [0, 0.1) is 0 Å².